The smallest absolute Gasteiger partial charge is 0.287 e. The van der Waals surface area contributed by atoms with Crippen LogP contribution in [-0.4, -0.2) is 24.8 Å². The number of benzene rings is 1. The van der Waals surface area contributed by atoms with E-state index in [2.05, 4.69) is 4.74 Å². The Labute approximate surface area is 109 Å². The van der Waals surface area contributed by atoms with Gasteiger partial charge in [0.2, 0.25) is 0 Å². The zero-order chi connectivity index (χ0) is 16.0. The van der Waals surface area contributed by atoms with Crippen molar-refractivity contribution in [2.45, 2.75) is 18.5 Å². The Morgan fingerprint density at radius 2 is 1.40 bits per heavy atom. The van der Waals surface area contributed by atoms with Crippen molar-refractivity contribution < 1.29 is 44.0 Å². The van der Waals surface area contributed by atoms with Crippen LogP contribution in [-0.2, 0) is 21.5 Å². The second kappa shape index (κ2) is 6.90. The molecule has 4 nitrogen and oxygen atoms in total. The van der Waals surface area contributed by atoms with Crippen LogP contribution in [0.4, 0.5) is 26.3 Å². The second-order valence-corrected chi connectivity index (χ2v) is 4.55. The largest absolute Gasteiger partial charge is 0.522 e. The summed E-state index contributed by atoms with van der Waals surface area (Å²) in [6, 6.07) is 8.21. The van der Waals surface area contributed by atoms with Crippen LogP contribution in [0.25, 0.3) is 0 Å². The maximum Gasteiger partial charge on any atom is 0.522 e. The monoisotopic (exact) mass is 326 g/mol. The molecule has 0 unspecified atom stereocenters. The van der Waals surface area contributed by atoms with Gasteiger partial charge in [-0.2, -0.15) is 21.6 Å². The molecule has 0 saturated heterocycles. The Morgan fingerprint density at radius 1 is 1.00 bits per heavy atom. The molecule has 0 saturated carbocycles. The van der Waals surface area contributed by atoms with Crippen LogP contribution in [0.15, 0.2) is 30.3 Å². The van der Waals surface area contributed by atoms with Gasteiger partial charge in [-0.15, -0.1) is 13.2 Å². The molecule has 0 heterocycles. The lowest BCUT2D eigenvalue weighted by molar-refractivity contribution is -0.330. The lowest BCUT2D eigenvalue weighted by atomic mass is 10.2. The number of halogens is 6. The minimum absolute atomic E-state index is 0.426. The summed E-state index contributed by atoms with van der Waals surface area (Å²) in [5.41, 5.74) is -5.03. The van der Waals surface area contributed by atoms with Crippen molar-refractivity contribution in [3.05, 3.63) is 35.9 Å². The number of ether oxygens (including phenoxy) is 1. The lowest BCUT2D eigenvalue weighted by Gasteiger charge is -2.06. The highest BCUT2D eigenvalue weighted by molar-refractivity contribution is 7.86. The average Bonchev–Trinajstić information content (AvgIpc) is 2.25. The highest BCUT2D eigenvalue weighted by Gasteiger charge is 2.44. The molecule has 0 aliphatic heterocycles. The standard InChI is InChI=1S/C8H7F3O.CHF3O3S/c9-8(10,11)12-6-7-4-2-1-3-5-7;2-1(3,4)8(5,6)7/h1-5H,6H2;(H,5,6,7). The summed E-state index contributed by atoms with van der Waals surface area (Å²) in [6.45, 7) is -0.426. The van der Waals surface area contributed by atoms with Gasteiger partial charge in [0, 0.05) is 0 Å². The Kier molecular flexibility index (Phi) is 6.44. The number of alkyl halides is 6. The molecule has 0 amide bonds. The van der Waals surface area contributed by atoms with Crippen molar-refractivity contribution in [1.82, 2.24) is 0 Å². The van der Waals surface area contributed by atoms with Gasteiger partial charge < -0.3 is 0 Å². The molecule has 0 aliphatic carbocycles. The summed E-state index contributed by atoms with van der Waals surface area (Å²) in [5, 5.41) is 0. The molecule has 1 aromatic carbocycles. The number of rotatable bonds is 2. The second-order valence-electron chi connectivity index (χ2n) is 3.14. The summed E-state index contributed by atoms with van der Waals surface area (Å²) >= 11 is 0. The highest BCUT2D eigenvalue weighted by Crippen LogP contribution is 2.20. The van der Waals surface area contributed by atoms with Crippen molar-refractivity contribution in [2.75, 3.05) is 0 Å². The minimum Gasteiger partial charge on any atom is -0.287 e. The molecular formula is C9H8F6O4S. The fourth-order valence-electron chi connectivity index (χ4n) is 0.739. The van der Waals surface area contributed by atoms with Crippen LogP contribution in [0.2, 0.25) is 0 Å². The molecule has 20 heavy (non-hydrogen) atoms. The molecule has 1 rings (SSSR count). The SMILES string of the molecule is FC(F)(F)OCc1ccccc1.O=S(=O)(O)C(F)(F)F. The topological polar surface area (TPSA) is 63.6 Å². The normalized spacial score (nSPS) is 12.6. The average molecular weight is 326 g/mol. The van der Waals surface area contributed by atoms with Gasteiger partial charge in [-0.1, -0.05) is 30.3 Å². The van der Waals surface area contributed by atoms with E-state index < -0.39 is 28.6 Å². The van der Waals surface area contributed by atoms with Crippen molar-refractivity contribution in [2.24, 2.45) is 0 Å². The highest BCUT2D eigenvalue weighted by atomic mass is 32.2. The van der Waals surface area contributed by atoms with Crippen molar-refractivity contribution in [1.29, 1.82) is 0 Å². The maximum atomic E-state index is 11.5. The summed E-state index contributed by atoms with van der Waals surface area (Å²) in [5.74, 6) is 0. The van der Waals surface area contributed by atoms with Gasteiger partial charge in [-0.25, -0.2) is 0 Å². The first-order valence-electron chi connectivity index (χ1n) is 4.61. The van der Waals surface area contributed by atoms with Gasteiger partial charge in [-0.05, 0) is 5.56 Å². The molecule has 1 aromatic rings. The molecule has 11 heteroatoms. The molecule has 0 fully saturated rings. The van der Waals surface area contributed by atoms with E-state index in [0.717, 1.165) is 0 Å². The summed E-state index contributed by atoms with van der Waals surface area (Å²) in [4.78, 5) is 0. The van der Waals surface area contributed by atoms with Crippen LogP contribution >= 0.6 is 0 Å². The number of hydrogen-bond acceptors (Lipinski definition) is 3. The van der Waals surface area contributed by atoms with Crippen molar-refractivity contribution in [3.8, 4) is 0 Å². The third kappa shape index (κ3) is 8.72. The Hall–Kier alpha value is -1.33. The van der Waals surface area contributed by atoms with Crippen LogP contribution in [0, 0.1) is 0 Å². The van der Waals surface area contributed by atoms with E-state index >= 15 is 0 Å². The van der Waals surface area contributed by atoms with E-state index in [4.69, 9.17) is 13.0 Å². The first kappa shape index (κ1) is 18.7. The minimum atomic E-state index is -5.84. The maximum absolute atomic E-state index is 11.5. The summed E-state index contributed by atoms with van der Waals surface area (Å²) < 4.78 is 95.7. The van der Waals surface area contributed by atoms with E-state index in [9.17, 15) is 26.3 Å². The zero-order valence-corrected chi connectivity index (χ0v) is 10.3. The van der Waals surface area contributed by atoms with E-state index in [-0.39, 0.29) is 0 Å². The van der Waals surface area contributed by atoms with Crippen molar-refractivity contribution in [3.63, 3.8) is 0 Å². The van der Waals surface area contributed by atoms with Gasteiger partial charge in [0.15, 0.2) is 0 Å². The molecule has 0 aliphatic rings. The van der Waals surface area contributed by atoms with Crippen LogP contribution in [0.3, 0.4) is 0 Å². The predicted octanol–water partition coefficient (Wildman–Crippen LogP) is 3.12. The third-order valence-electron chi connectivity index (χ3n) is 1.54. The summed E-state index contributed by atoms with van der Waals surface area (Å²) in [6.07, 6.45) is -4.55. The van der Waals surface area contributed by atoms with E-state index in [1.807, 2.05) is 0 Å². The predicted molar refractivity (Wildman–Crippen MR) is 54.9 cm³/mol. The van der Waals surface area contributed by atoms with Gasteiger partial charge in [0.1, 0.15) is 0 Å². The van der Waals surface area contributed by atoms with Crippen molar-refractivity contribution >= 4 is 10.1 Å². The molecule has 116 valence electrons. The Bertz CT molecular complexity index is 493. The van der Waals surface area contributed by atoms with Gasteiger partial charge in [0.25, 0.3) is 0 Å². The quantitative estimate of drug-likeness (QED) is 0.515. The Balaban J connectivity index is 0.000000396. The van der Waals surface area contributed by atoms with Gasteiger partial charge in [0.05, 0.1) is 6.61 Å². The van der Waals surface area contributed by atoms with E-state index in [0.29, 0.717) is 5.56 Å². The first-order valence-corrected chi connectivity index (χ1v) is 6.05. The van der Waals surface area contributed by atoms with E-state index in [1.165, 1.54) is 0 Å². The molecule has 0 bridgehead atoms. The van der Waals surface area contributed by atoms with Crippen LogP contribution < -0.4 is 0 Å². The number of hydrogen-bond donors (Lipinski definition) is 1. The Morgan fingerprint density at radius 3 is 1.70 bits per heavy atom. The zero-order valence-electron chi connectivity index (χ0n) is 9.44. The lowest BCUT2D eigenvalue weighted by Crippen LogP contribution is -2.21. The molecule has 0 atom stereocenters. The molecule has 0 aromatic heterocycles. The van der Waals surface area contributed by atoms with E-state index in [1.54, 1.807) is 30.3 Å². The third-order valence-corrected chi connectivity index (χ3v) is 2.12. The first-order chi connectivity index (χ1) is 8.83. The van der Waals surface area contributed by atoms with Crippen LogP contribution in [0.5, 0.6) is 0 Å². The van der Waals surface area contributed by atoms with Gasteiger partial charge >= 0.3 is 22.0 Å². The molecule has 1 N–H and O–H groups in total. The molecule has 0 spiro atoms. The van der Waals surface area contributed by atoms with Gasteiger partial charge in [-0.3, -0.25) is 9.29 Å². The fourth-order valence-corrected chi connectivity index (χ4v) is 0.739. The fraction of sp³-hybridized carbons (Fsp3) is 0.333. The summed E-state index contributed by atoms with van der Waals surface area (Å²) in [7, 11) is -5.84. The molecule has 0 radical (unpaired) electrons. The van der Waals surface area contributed by atoms with Crippen LogP contribution in [0.1, 0.15) is 5.56 Å². The molecular weight excluding hydrogens is 318 g/mol.